The van der Waals surface area contributed by atoms with E-state index in [0.29, 0.717) is 5.65 Å². The number of aromatic amines is 2. The lowest BCUT2D eigenvalue weighted by molar-refractivity contribution is 1.06. The van der Waals surface area contributed by atoms with Crippen molar-refractivity contribution < 1.29 is 0 Å². The summed E-state index contributed by atoms with van der Waals surface area (Å²) in [6.45, 7) is 0. The molecule has 0 radical (unpaired) electrons. The van der Waals surface area contributed by atoms with Gasteiger partial charge in [0.25, 0.3) is 0 Å². The first-order valence-corrected chi connectivity index (χ1v) is 2.75. The van der Waals surface area contributed by atoms with Crippen LogP contribution in [-0.2, 0) is 0 Å². The van der Waals surface area contributed by atoms with Crippen LogP contribution in [0.25, 0.3) is 11.0 Å². The maximum atomic E-state index is 10.6. The second kappa shape index (κ2) is 1.66. The Hall–Kier alpha value is -1.65. The van der Waals surface area contributed by atoms with Crippen molar-refractivity contribution in [2.24, 2.45) is 0 Å². The number of rotatable bonds is 0. The molecule has 50 valence electrons. The first-order valence-electron chi connectivity index (χ1n) is 2.75. The van der Waals surface area contributed by atoms with Crippen molar-refractivity contribution in [1.29, 1.82) is 0 Å². The fraction of sp³-hybridized carbons (Fsp3) is 0. The standard InChI is InChI=1S/C5H4N4O/c10-5-6-1-3-2-7-9-4(3)8-5/h1-2H,(H2,6,7,8,9,10). The highest BCUT2D eigenvalue weighted by molar-refractivity contribution is 5.71. The van der Waals surface area contributed by atoms with Crippen LogP contribution in [0.2, 0.25) is 0 Å². The molecule has 2 aromatic rings. The van der Waals surface area contributed by atoms with Crippen LogP contribution in [0.1, 0.15) is 0 Å². The Balaban J connectivity index is 2.99. The fourth-order valence-corrected chi connectivity index (χ4v) is 0.761. The molecule has 0 spiro atoms. The zero-order chi connectivity index (χ0) is 6.97. The Kier molecular flexibility index (Phi) is 0.858. The molecule has 0 saturated carbocycles. The number of hydrogen-bond acceptors (Lipinski definition) is 3. The summed E-state index contributed by atoms with van der Waals surface area (Å²) in [6, 6.07) is 0. The second-order valence-electron chi connectivity index (χ2n) is 1.89. The molecule has 0 unspecified atom stereocenters. The average Bonchev–Trinajstić information content (AvgIpc) is 2.33. The van der Waals surface area contributed by atoms with Gasteiger partial charge in [-0.05, 0) is 0 Å². The van der Waals surface area contributed by atoms with Gasteiger partial charge in [0.2, 0.25) is 0 Å². The molecule has 0 bridgehead atoms. The van der Waals surface area contributed by atoms with Gasteiger partial charge in [-0.15, -0.1) is 0 Å². The highest BCUT2D eigenvalue weighted by Gasteiger charge is 1.93. The minimum Gasteiger partial charge on any atom is -0.290 e. The first-order chi connectivity index (χ1) is 4.86. The molecule has 0 atom stereocenters. The maximum absolute atomic E-state index is 10.6. The van der Waals surface area contributed by atoms with Gasteiger partial charge in [-0.3, -0.25) is 10.1 Å². The first kappa shape index (κ1) is 5.16. The molecular weight excluding hydrogens is 132 g/mol. The van der Waals surface area contributed by atoms with Gasteiger partial charge in [0, 0.05) is 6.20 Å². The van der Waals surface area contributed by atoms with E-state index < -0.39 is 0 Å². The van der Waals surface area contributed by atoms with Crippen LogP contribution >= 0.6 is 0 Å². The van der Waals surface area contributed by atoms with Crippen LogP contribution in [0.4, 0.5) is 0 Å². The van der Waals surface area contributed by atoms with Gasteiger partial charge in [-0.25, -0.2) is 9.78 Å². The maximum Gasteiger partial charge on any atom is 0.346 e. The van der Waals surface area contributed by atoms with E-state index in [4.69, 9.17) is 0 Å². The lowest BCUT2D eigenvalue weighted by Crippen LogP contribution is -2.07. The smallest absolute Gasteiger partial charge is 0.290 e. The van der Waals surface area contributed by atoms with Crippen LogP contribution < -0.4 is 5.69 Å². The molecule has 2 heterocycles. The van der Waals surface area contributed by atoms with E-state index in [2.05, 4.69) is 20.2 Å². The molecular formula is C5H4N4O. The van der Waals surface area contributed by atoms with Gasteiger partial charge in [-0.2, -0.15) is 5.10 Å². The van der Waals surface area contributed by atoms with E-state index in [0.717, 1.165) is 5.39 Å². The number of hydrogen-bond donors (Lipinski definition) is 2. The van der Waals surface area contributed by atoms with Crippen molar-refractivity contribution in [3.8, 4) is 0 Å². The van der Waals surface area contributed by atoms with E-state index in [1.807, 2.05) is 0 Å². The lowest BCUT2D eigenvalue weighted by atomic mass is 10.5. The molecule has 2 aromatic heterocycles. The van der Waals surface area contributed by atoms with Crippen LogP contribution in [-0.4, -0.2) is 20.2 Å². The van der Waals surface area contributed by atoms with Gasteiger partial charge < -0.3 is 0 Å². The van der Waals surface area contributed by atoms with Gasteiger partial charge >= 0.3 is 5.69 Å². The van der Waals surface area contributed by atoms with E-state index in [1.54, 1.807) is 6.20 Å². The van der Waals surface area contributed by atoms with Crippen LogP contribution in [0.5, 0.6) is 0 Å². The Bertz CT molecular complexity index is 401. The van der Waals surface area contributed by atoms with Crippen LogP contribution in [0.3, 0.4) is 0 Å². The Labute approximate surface area is 55.1 Å². The van der Waals surface area contributed by atoms with Crippen molar-refractivity contribution in [2.45, 2.75) is 0 Å². The molecule has 0 aromatic carbocycles. The number of aromatic nitrogens is 4. The molecule has 5 nitrogen and oxygen atoms in total. The molecule has 0 saturated heterocycles. The van der Waals surface area contributed by atoms with Gasteiger partial charge in [0.05, 0.1) is 11.6 Å². The normalized spacial score (nSPS) is 10.4. The third kappa shape index (κ3) is 0.604. The Morgan fingerprint density at radius 3 is 3.20 bits per heavy atom. The quantitative estimate of drug-likeness (QED) is 0.519. The number of nitrogens with one attached hydrogen (secondary N) is 2. The largest absolute Gasteiger partial charge is 0.346 e. The molecule has 0 aliphatic heterocycles. The van der Waals surface area contributed by atoms with E-state index >= 15 is 0 Å². The van der Waals surface area contributed by atoms with E-state index in [-0.39, 0.29) is 5.69 Å². The fourth-order valence-electron chi connectivity index (χ4n) is 0.761. The molecule has 10 heavy (non-hydrogen) atoms. The third-order valence-electron chi connectivity index (χ3n) is 1.22. The molecule has 0 fully saturated rings. The summed E-state index contributed by atoms with van der Waals surface area (Å²) < 4.78 is 0. The van der Waals surface area contributed by atoms with Crippen LogP contribution in [0.15, 0.2) is 17.2 Å². The average molecular weight is 136 g/mol. The minimum absolute atomic E-state index is 0.364. The molecule has 0 aliphatic carbocycles. The summed E-state index contributed by atoms with van der Waals surface area (Å²) in [5.41, 5.74) is 0.247. The zero-order valence-corrected chi connectivity index (χ0v) is 4.96. The molecule has 0 aliphatic rings. The zero-order valence-electron chi connectivity index (χ0n) is 4.96. The van der Waals surface area contributed by atoms with Crippen molar-refractivity contribution in [2.75, 3.05) is 0 Å². The number of nitrogens with zero attached hydrogens (tertiary/aromatic N) is 2. The monoisotopic (exact) mass is 136 g/mol. The van der Waals surface area contributed by atoms with Crippen molar-refractivity contribution >= 4 is 11.0 Å². The Morgan fingerprint density at radius 1 is 1.40 bits per heavy atom. The number of fused-ring (bicyclic) bond motifs is 1. The molecule has 0 amide bonds. The van der Waals surface area contributed by atoms with Crippen molar-refractivity contribution in [3.63, 3.8) is 0 Å². The van der Waals surface area contributed by atoms with Gasteiger partial charge in [-0.1, -0.05) is 0 Å². The predicted molar refractivity (Wildman–Crippen MR) is 34.5 cm³/mol. The molecule has 2 N–H and O–H groups in total. The summed E-state index contributed by atoms with van der Waals surface area (Å²) in [6.07, 6.45) is 3.07. The highest BCUT2D eigenvalue weighted by Crippen LogP contribution is 1.99. The summed E-state index contributed by atoms with van der Waals surface area (Å²) in [4.78, 5) is 16.6. The van der Waals surface area contributed by atoms with E-state index in [9.17, 15) is 4.79 Å². The summed E-state index contributed by atoms with van der Waals surface area (Å²) in [5, 5.41) is 7.13. The summed E-state index contributed by atoms with van der Waals surface area (Å²) in [7, 11) is 0. The van der Waals surface area contributed by atoms with Gasteiger partial charge in [0.1, 0.15) is 5.65 Å². The second-order valence-corrected chi connectivity index (χ2v) is 1.89. The summed E-state index contributed by atoms with van der Waals surface area (Å²) >= 11 is 0. The van der Waals surface area contributed by atoms with E-state index in [1.165, 1.54) is 6.20 Å². The molecule has 5 heteroatoms. The minimum atomic E-state index is -0.364. The summed E-state index contributed by atoms with van der Waals surface area (Å²) in [5.74, 6) is 0. The molecule has 2 rings (SSSR count). The topological polar surface area (TPSA) is 74.4 Å². The predicted octanol–water partition coefficient (Wildman–Crippen LogP) is -0.354. The lowest BCUT2D eigenvalue weighted by Gasteiger charge is -1.82. The number of H-pyrrole nitrogens is 2. The third-order valence-corrected chi connectivity index (χ3v) is 1.22. The van der Waals surface area contributed by atoms with Gasteiger partial charge in [0.15, 0.2) is 0 Å². The SMILES string of the molecule is O=c1ncc2cn[nH]c2[nH]1. The van der Waals surface area contributed by atoms with Crippen molar-refractivity contribution in [1.82, 2.24) is 20.2 Å². The Morgan fingerprint density at radius 2 is 2.30 bits per heavy atom. The van der Waals surface area contributed by atoms with Crippen molar-refractivity contribution in [3.05, 3.63) is 22.9 Å². The highest BCUT2D eigenvalue weighted by atomic mass is 16.1. The van der Waals surface area contributed by atoms with Crippen LogP contribution in [0, 0.1) is 0 Å².